The van der Waals surface area contributed by atoms with Crippen LogP contribution in [0.15, 0.2) is 12.4 Å². The maximum atomic E-state index is 9.01. The van der Waals surface area contributed by atoms with Crippen LogP contribution >= 0.6 is 0 Å². The monoisotopic (exact) mass is 138 g/mol. The van der Waals surface area contributed by atoms with Gasteiger partial charge in [-0.3, -0.25) is 9.97 Å². The molecule has 0 spiro atoms. The number of hydrogen-bond acceptors (Lipinski definition) is 3. The molecule has 1 atom stereocenters. The number of hydrogen-bond donors (Lipinski definition) is 1. The molecule has 3 heteroatoms. The zero-order valence-electron chi connectivity index (χ0n) is 6.07. The van der Waals surface area contributed by atoms with Crippen LogP contribution in [-0.4, -0.2) is 15.1 Å². The van der Waals surface area contributed by atoms with E-state index in [9.17, 15) is 0 Å². The Kier molecular flexibility index (Phi) is 1.97. The molecule has 1 aromatic rings. The van der Waals surface area contributed by atoms with Gasteiger partial charge in [-0.2, -0.15) is 0 Å². The van der Waals surface area contributed by atoms with Crippen molar-refractivity contribution in [3.8, 4) is 0 Å². The Labute approximate surface area is 59.8 Å². The molecule has 0 bridgehead atoms. The van der Waals surface area contributed by atoms with Crippen molar-refractivity contribution in [2.45, 2.75) is 20.0 Å². The molecule has 1 N–H and O–H groups in total. The van der Waals surface area contributed by atoms with E-state index in [4.69, 9.17) is 5.11 Å². The van der Waals surface area contributed by atoms with Crippen LogP contribution < -0.4 is 0 Å². The highest BCUT2D eigenvalue weighted by Crippen LogP contribution is 2.05. The van der Waals surface area contributed by atoms with E-state index in [1.165, 1.54) is 0 Å². The quantitative estimate of drug-likeness (QED) is 0.625. The van der Waals surface area contributed by atoms with E-state index in [0.717, 1.165) is 5.69 Å². The van der Waals surface area contributed by atoms with Crippen molar-refractivity contribution in [2.75, 3.05) is 0 Å². The van der Waals surface area contributed by atoms with Crippen molar-refractivity contribution in [1.82, 2.24) is 9.97 Å². The topological polar surface area (TPSA) is 46.0 Å². The van der Waals surface area contributed by atoms with Gasteiger partial charge in [0.15, 0.2) is 0 Å². The third-order valence-corrected chi connectivity index (χ3v) is 1.23. The summed E-state index contributed by atoms with van der Waals surface area (Å²) in [7, 11) is 0. The lowest BCUT2D eigenvalue weighted by Gasteiger charge is -2.00. The summed E-state index contributed by atoms with van der Waals surface area (Å²) in [4.78, 5) is 7.94. The van der Waals surface area contributed by atoms with Crippen LogP contribution in [-0.2, 0) is 0 Å². The Bertz CT molecular complexity index is 205. The van der Waals surface area contributed by atoms with Crippen molar-refractivity contribution in [3.05, 3.63) is 23.8 Å². The van der Waals surface area contributed by atoms with E-state index >= 15 is 0 Å². The minimum absolute atomic E-state index is 0.520. The van der Waals surface area contributed by atoms with Gasteiger partial charge in [-0.05, 0) is 13.8 Å². The van der Waals surface area contributed by atoms with Gasteiger partial charge in [0, 0.05) is 6.20 Å². The van der Waals surface area contributed by atoms with Crippen molar-refractivity contribution >= 4 is 0 Å². The van der Waals surface area contributed by atoms with E-state index in [2.05, 4.69) is 9.97 Å². The average molecular weight is 138 g/mol. The maximum Gasteiger partial charge on any atom is 0.0947 e. The number of aromatic nitrogens is 2. The normalized spacial score (nSPS) is 13.1. The molecule has 0 saturated carbocycles. The molecule has 3 nitrogen and oxygen atoms in total. The highest BCUT2D eigenvalue weighted by atomic mass is 16.3. The van der Waals surface area contributed by atoms with Gasteiger partial charge >= 0.3 is 0 Å². The standard InChI is InChI=1S/C7H10N2O/c1-5-3-9-7(4-8-5)6(2)10/h3-4,6,10H,1-2H3/t6-/m0/s1. The number of rotatable bonds is 1. The third-order valence-electron chi connectivity index (χ3n) is 1.23. The van der Waals surface area contributed by atoms with Gasteiger partial charge < -0.3 is 5.11 Å². The molecule has 0 radical (unpaired) electrons. The molecular weight excluding hydrogens is 128 g/mol. The highest BCUT2D eigenvalue weighted by Gasteiger charge is 2.00. The van der Waals surface area contributed by atoms with E-state index < -0.39 is 6.10 Å². The van der Waals surface area contributed by atoms with Crippen molar-refractivity contribution in [1.29, 1.82) is 0 Å². The van der Waals surface area contributed by atoms with Crippen LogP contribution in [0.2, 0.25) is 0 Å². The minimum Gasteiger partial charge on any atom is -0.387 e. The fourth-order valence-electron chi connectivity index (χ4n) is 0.618. The van der Waals surface area contributed by atoms with Crippen LogP contribution in [0.1, 0.15) is 24.4 Å². The first kappa shape index (κ1) is 7.15. The Morgan fingerprint density at radius 3 is 2.50 bits per heavy atom. The lowest BCUT2D eigenvalue weighted by molar-refractivity contribution is 0.194. The molecule has 1 rings (SSSR count). The second-order valence-electron chi connectivity index (χ2n) is 2.26. The Morgan fingerprint density at radius 2 is 2.10 bits per heavy atom. The predicted molar refractivity (Wildman–Crippen MR) is 37.4 cm³/mol. The van der Waals surface area contributed by atoms with Gasteiger partial charge in [0.25, 0.3) is 0 Å². The number of nitrogens with zero attached hydrogens (tertiary/aromatic N) is 2. The fourth-order valence-corrected chi connectivity index (χ4v) is 0.618. The van der Waals surface area contributed by atoms with Crippen molar-refractivity contribution in [3.63, 3.8) is 0 Å². The fraction of sp³-hybridized carbons (Fsp3) is 0.429. The van der Waals surface area contributed by atoms with Crippen LogP contribution in [0.25, 0.3) is 0 Å². The van der Waals surface area contributed by atoms with Crippen LogP contribution in [0.3, 0.4) is 0 Å². The van der Waals surface area contributed by atoms with E-state index in [0.29, 0.717) is 5.69 Å². The molecule has 0 unspecified atom stereocenters. The summed E-state index contributed by atoms with van der Waals surface area (Å²) >= 11 is 0. The molecule has 0 aliphatic rings. The molecule has 0 amide bonds. The zero-order chi connectivity index (χ0) is 7.56. The van der Waals surface area contributed by atoms with E-state index in [1.54, 1.807) is 19.3 Å². The van der Waals surface area contributed by atoms with Gasteiger partial charge in [-0.15, -0.1) is 0 Å². The first-order valence-electron chi connectivity index (χ1n) is 3.17. The number of aryl methyl sites for hydroxylation is 1. The van der Waals surface area contributed by atoms with Crippen LogP contribution in [0.4, 0.5) is 0 Å². The first-order chi connectivity index (χ1) is 4.70. The van der Waals surface area contributed by atoms with Crippen molar-refractivity contribution in [2.24, 2.45) is 0 Å². The summed E-state index contributed by atoms with van der Waals surface area (Å²) in [6.07, 6.45) is 2.70. The number of aliphatic hydroxyl groups is 1. The molecule has 0 aliphatic carbocycles. The lowest BCUT2D eigenvalue weighted by Crippen LogP contribution is -1.96. The third kappa shape index (κ3) is 1.51. The second kappa shape index (κ2) is 2.75. The molecule has 0 fully saturated rings. The largest absolute Gasteiger partial charge is 0.387 e. The first-order valence-corrected chi connectivity index (χ1v) is 3.17. The molecule has 0 aromatic carbocycles. The lowest BCUT2D eigenvalue weighted by atomic mass is 10.3. The minimum atomic E-state index is -0.520. The van der Waals surface area contributed by atoms with Gasteiger partial charge in [-0.1, -0.05) is 0 Å². The summed E-state index contributed by atoms with van der Waals surface area (Å²) < 4.78 is 0. The molecular formula is C7H10N2O. The van der Waals surface area contributed by atoms with Crippen molar-refractivity contribution < 1.29 is 5.11 Å². The zero-order valence-corrected chi connectivity index (χ0v) is 6.07. The van der Waals surface area contributed by atoms with Crippen LogP contribution in [0.5, 0.6) is 0 Å². The molecule has 10 heavy (non-hydrogen) atoms. The smallest absolute Gasteiger partial charge is 0.0947 e. The summed E-state index contributed by atoms with van der Waals surface area (Å²) in [5, 5.41) is 9.01. The Balaban J connectivity index is 2.89. The van der Waals surface area contributed by atoms with Gasteiger partial charge in [-0.25, -0.2) is 0 Å². The molecule has 54 valence electrons. The summed E-state index contributed by atoms with van der Waals surface area (Å²) in [5.74, 6) is 0. The van der Waals surface area contributed by atoms with E-state index in [-0.39, 0.29) is 0 Å². The molecule has 1 heterocycles. The van der Waals surface area contributed by atoms with Gasteiger partial charge in [0.2, 0.25) is 0 Å². The van der Waals surface area contributed by atoms with Gasteiger partial charge in [0.05, 0.1) is 23.7 Å². The maximum absolute atomic E-state index is 9.01. The van der Waals surface area contributed by atoms with Crippen LogP contribution in [0, 0.1) is 6.92 Å². The average Bonchev–Trinajstić information content (AvgIpc) is 1.88. The predicted octanol–water partition coefficient (Wildman–Crippen LogP) is 0.838. The summed E-state index contributed by atoms with van der Waals surface area (Å²) in [5.41, 5.74) is 1.48. The summed E-state index contributed by atoms with van der Waals surface area (Å²) in [6.45, 7) is 3.53. The summed E-state index contributed by atoms with van der Waals surface area (Å²) in [6, 6.07) is 0. The number of aliphatic hydroxyl groups excluding tert-OH is 1. The van der Waals surface area contributed by atoms with Gasteiger partial charge in [0.1, 0.15) is 0 Å². The molecule has 0 aliphatic heterocycles. The SMILES string of the molecule is Cc1cnc([C@H](C)O)cn1. The molecule has 0 saturated heterocycles. The second-order valence-corrected chi connectivity index (χ2v) is 2.26. The Morgan fingerprint density at radius 1 is 1.40 bits per heavy atom. The highest BCUT2D eigenvalue weighted by molar-refractivity contribution is 5.02. The molecule has 1 aromatic heterocycles. The Hall–Kier alpha value is -0.960. The van der Waals surface area contributed by atoms with E-state index in [1.807, 2.05) is 6.92 Å².